The molecule has 1 aliphatic carbocycles. The van der Waals surface area contributed by atoms with Crippen LogP contribution in [0.4, 0.5) is 0 Å². The molecule has 2 atom stereocenters. The number of sulfonamides is 1. The van der Waals surface area contributed by atoms with Crippen LogP contribution in [0.2, 0.25) is 0 Å². The SMILES string of the molecule is CC(C)NS(=O)(=O)CCC1Cc2ccccc2C1N. The average Bonchev–Trinajstić information content (AvgIpc) is 2.63. The van der Waals surface area contributed by atoms with E-state index in [1.807, 2.05) is 32.0 Å². The van der Waals surface area contributed by atoms with Gasteiger partial charge in [-0.05, 0) is 43.7 Å². The number of hydrogen-bond acceptors (Lipinski definition) is 3. The molecule has 4 nitrogen and oxygen atoms in total. The van der Waals surface area contributed by atoms with Gasteiger partial charge in [-0.25, -0.2) is 13.1 Å². The smallest absolute Gasteiger partial charge is 0.211 e. The van der Waals surface area contributed by atoms with Crippen molar-refractivity contribution in [3.63, 3.8) is 0 Å². The Bertz CT molecular complexity index is 540. The third kappa shape index (κ3) is 3.55. The van der Waals surface area contributed by atoms with Gasteiger partial charge in [0.05, 0.1) is 5.75 Å². The molecule has 0 bridgehead atoms. The Hall–Kier alpha value is -0.910. The largest absolute Gasteiger partial charge is 0.324 e. The van der Waals surface area contributed by atoms with E-state index in [0.717, 1.165) is 6.42 Å². The first-order valence-corrected chi connectivity index (χ1v) is 8.37. The van der Waals surface area contributed by atoms with E-state index in [0.29, 0.717) is 6.42 Å². The summed E-state index contributed by atoms with van der Waals surface area (Å²) in [6.45, 7) is 3.66. The molecule has 0 amide bonds. The minimum atomic E-state index is -3.18. The molecule has 106 valence electrons. The van der Waals surface area contributed by atoms with Crippen LogP contribution in [0.25, 0.3) is 0 Å². The molecule has 0 heterocycles. The summed E-state index contributed by atoms with van der Waals surface area (Å²) < 4.78 is 26.3. The van der Waals surface area contributed by atoms with Crippen LogP contribution in [0, 0.1) is 5.92 Å². The number of fused-ring (bicyclic) bond motifs is 1. The molecule has 0 spiro atoms. The molecule has 3 N–H and O–H groups in total. The third-order valence-electron chi connectivity index (χ3n) is 3.58. The fraction of sp³-hybridized carbons (Fsp3) is 0.571. The van der Waals surface area contributed by atoms with Gasteiger partial charge in [0, 0.05) is 12.1 Å². The molecule has 5 heteroatoms. The highest BCUT2D eigenvalue weighted by Crippen LogP contribution is 2.36. The normalized spacial score (nSPS) is 22.7. The number of nitrogens with two attached hydrogens (primary N) is 1. The Labute approximate surface area is 115 Å². The van der Waals surface area contributed by atoms with Gasteiger partial charge in [-0.15, -0.1) is 0 Å². The molecule has 0 aliphatic heterocycles. The average molecular weight is 282 g/mol. The monoisotopic (exact) mass is 282 g/mol. The van der Waals surface area contributed by atoms with Crippen LogP contribution in [0.5, 0.6) is 0 Å². The molecule has 2 unspecified atom stereocenters. The van der Waals surface area contributed by atoms with Crippen molar-refractivity contribution in [2.45, 2.75) is 38.8 Å². The van der Waals surface area contributed by atoms with Gasteiger partial charge < -0.3 is 5.73 Å². The van der Waals surface area contributed by atoms with Gasteiger partial charge in [0.1, 0.15) is 0 Å². The van der Waals surface area contributed by atoms with Crippen LogP contribution in [-0.4, -0.2) is 20.2 Å². The Morgan fingerprint density at radius 3 is 2.68 bits per heavy atom. The third-order valence-corrected chi connectivity index (χ3v) is 5.18. The fourth-order valence-electron chi connectivity index (χ4n) is 2.71. The van der Waals surface area contributed by atoms with E-state index in [1.165, 1.54) is 11.1 Å². The minimum absolute atomic E-state index is 0.0366. The van der Waals surface area contributed by atoms with Gasteiger partial charge in [0.2, 0.25) is 10.0 Å². The maximum Gasteiger partial charge on any atom is 0.211 e. The second kappa shape index (κ2) is 5.61. The Morgan fingerprint density at radius 1 is 1.37 bits per heavy atom. The Balaban J connectivity index is 1.97. The summed E-state index contributed by atoms with van der Waals surface area (Å²) in [7, 11) is -3.18. The first-order chi connectivity index (χ1) is 8.89. The second-order valence-corrected chi connectivity index (χ2v) is 7.44. The van der Waals surface area contributed by atoms with Crippen molar-refractivity contribution in [2.75, 3.05) is 5.75 Å². The summed E-state index contributed by atoms with van der Waals surface area (Å²) in [5.74, 6) is 0.374. The first-order valence-electron chi connectivity index (χ1n) is 6.72. The van der Waals surface area contributed by atoms with Crippen molar-refractivity contribution in [2.24, 2.45) is 11.7 Å². The van der Waals surface area contributed by atoms with E-state index < -0.39 is 10.0 Å². The molecule has 0 radical (unpaired) electrons. The molecule has 0 saturated carbocycles. The number of rotatable bonds is 5. The summed E-state index contributed by atoms with van der Waals surface area (Å²) in [4.78, 5) is 0. The zero-order valence-electron chi connectivity index (χ0n) is 11.5. The first kappa shape index (κ1) is 14.5. The van der Waals surface area contributed by atoms with Gasteiger partial charge in [0.25, 0.3) is 0 Å². The molecular weight excluding hydrogens is 260 g/mol. The van der Waals surface area contributed by atoms with E-state index in [2.05, 4.69) is 10.8 Å². The predicted octanol–water partition coefficient (Wildman–Crippen LogP) is 1.58. The molecule has 0 fully saturated rings. The highest BCUT2D eigenvalue weighted by Gasteiger charge is 2.30. The summed E-state index contributed by atoms with van der Waals surface area (Å²) in [6, 6.07) is 8.02. The van der Waals surface area contributed by atoms with Crippen LogP contribution >= 0.6 is 0 Å². The lowest BCUT2D eigenvalue weighted by Gasteiger charge is -2.16. The molecule has 1 aromatic carbocycles. The van der Waals surface area contributed by atoms with Crippen molar-refractivity contribution < 1.29 is 8.42 Å². The van der Waals surface area contributed by atoms with Crippen molar-refractivity contribution in [1.29, 1.82) is 0 Å². The highest BCUT2D eigenvalue weighted by atomic mass is 32.2. The molecule has 1 aliphatic rings. The highest BCUT2D eigenvalue weighted by molar-refractivity contribution is 7.89. The molecule has 0 aromatic heterocycles. The van der Waals surface area contributed by atoms with E-state index in [4.69, 9.17) is 5.73 Å². The van der Waals surface area contributed by atoms with Gasteiger partial charge >= 0.3 is 0 Å². The van der Waals surface area contributed by atoms with Crippen LogP contribution in [0.15, 0.2) is 24.3 Å². The van der Waals surface area contributed by atoms with Gasteiger partial charge in [0.15, 0.2) is 0 Å². The van der Waals surface area contributed by atoms with E-state index in [-0.39, 0.29) is 23.8 Å². The quantitative estimate of drug-likeness (QED) is 0.861. The maximum atomic E-state index is 11.8. The standard InChI is InChI=1S/C14H22N2O2S/c1-10(2)16-19(17,18)8-7-12-9-11-5-3-4-6-13(11)14(12)15/h3-6,10,12,14,16H,7-9,15H2,1-2H3. The fourth-order valence-corrected chi connectivity index (χ4v) is 4.16. The van der Waals surface area contributed by atoms with E-state index in [9.17, 15) is 8.42 Å². The van der Waals surface area contributed by atoms with Gasteiger partial charge in [-0.2, -0.15) is 0 Å². The summed E-state index contributed by atoms with van der Waals surface area (Å²) in [5, 5.41) is 0. The second-order valence-electron chi connectivity index (χ2n) is 5.57. The zero-order chi connectivity index (χ0) is 14.0. The van der Waals surface area contributed by atoms with E-state index in [1.54, 1.807) is 0 Å². The summed E-state index contributed by atoms with van der Waals surface area (Å²) >= 11 is 0. The zero-order valence-corrected chi connectivity index (χ0v) is 12.3. The lowest BCUT2D eigenvalue weighted by Crippen LogP contribution is -2.33. The lowest BCUT2D eigenvalue weighted by molar-refractivity contribution is 0.449. The van der Waals surface area contributed by atoms with Crippen LogP contribution in [0.3, 0.4) is 0 Å². The van der Waals surface area contributed by atoms with Gasteiger partial charge in [-0.1, -0.05) is 24.3 Å². The predicted molar refractivity (Wildman–Crippen MR) is 77.2 cm³/mol. The number of benzene rings is 1. The van der Waals surface area contributed by atoms with Gasteiger partial charge in [-0.3, -0.25) is 0 Å². The number of nitrogens with one attached hydrogen (secondary N) is 1. The molecule has 2 rings (SSSR count). The lowest BCUT2D eigenvalue weighted by atomic mass is 9.99. The maximum absolute atomic E-state index is 11.8. The Kier molecular flexibility index (Phi) is 4.28. The number of hydrogen-bond donors (Lipinski definition) is 2. The van der Waals surface area contributed by atoms with Crippen molar-refractivity contribution in [3.05, 3.63) is 35.4 Å². The minimum Gasteiger partial charge on any atom is -0.324 e. The van der Waals surface area contributed by atoms with Crippen molar-refractivity contribution >= 4 is 10.0 Å². The summed E-state index contributed by atoms with van der Waals surface area (Å²) in [6.07, 6.45) is 1.49. The Morgan fingerprint density at radius 2 is 2.05 bits per heavy atom. The molecular formula is C14H22N2O2S. The topological polar surface area (TPSA) is 72.2 Å². The molecule has 1 aromatic rings. The van der Waals surface area contributed by atoms with E-state index >= 15 is 0 Å². The van der Waals surface area contributed by atoms with Crippen molar-refractivity contribution in [3.8, 4) is 0 Å². The summed E-state index contributed by atoms with van der Waals surface area (Å²) in [5.41, 5.74) is 8.63. The van der Waals surface area contributed by atoms with Crippen LogP contribution in [0.1, 0.15) is 37.4 Å². The van der Waals surface area contributed by atoms with Crippen LogP contribution < -0.4 is 10.5 Å². The van der Waals surface area contributed by atoms with Crippen molar-refractivity contribution in [1.82, 2.24) is 4.72 Å². The molecule has 19 heavy (non-hydrogen) atoms. The van der Waals surface area contributed by atoms with Crippen LogP contribution in [-0.2, 0) is 16.4 Å². The molecule has 0 saturated heterocycles.